The fourth-order valence-corrected chi connectivity index (χ4v) is 7.30. The van der Waals surface area contributed by atoms with Gasteiger partial charge in [-0.2, -0.15) is 0 Å². The molecule has 4 nitrogen and oxygen atoms in total. The molecular formula is C42H71N3O. The van der Waals surface area contributed by atoms with Gasteiger partial charge in [-0.1, -0.05) is 77.9 Å². The van der Waals surface area contributed by atoms with Gasteiger partial charge in [0.1, 0.15) is 0 Å². The molecule has 2 aromatic carbocycles. The molecule has 0 spiro atoms. The third-order valence-corrected chi connectivity index (χ3v) is 10.7. The number of aryl methyl sites for hydroxylation is 4. The van der Waals surface area contributed by atoms with Crippen LogP contribution in [0.15, 0.2) is 36.4 Å². The van der Waals surface area contributed by atoms with E-state index >= 15 is 0 Å². The number of rotatable bonds is 18. The number of nitrogens with one attached hydrogen (secondary N) is 1. The molecule has 46 heavy (non-hydrogen) atoms. The van der Waals surface area contributed by atoms with Gasteiger partial charge in [-0.15, -0.1) is 0 Å². The Kier molecular flexibility index (Phi) is 15.8. The van der Waals surface area contributed by atoms with E-state index in [-0.39, 0.29) is 17.4 Å². The van der Waals surface area contributed by atoms with E-state index in [9.17, 15) is 5.11 Å². The van der Waals surface area contributed by atoms with Gasteiger partial charge in [0.2, 0.25) is 0 Å². The lowest BCUT2D eigenvalue weighted by Gasteiger charge is -2.32. The molecule has 1 saturated carbocycles. The fraction of sp³-hybridized carbons (Fsp3) is 0.714. The summed E-state index contributed by atoms with van der Waals surface area (Å²) in [6, 6.07) is 14.7. The maximum Gasteiger partial charge on any atom is 0.0558 e. The summed E-state index contributed by atoms with van der Waals surface area (Å²) in [6.45, 7) is 23.5. The SMILES string of the molecule is Cc1ccc(C(C)(C)C)cc1CCCC(CCCc1cc(C(C)(C)C)ccc1C)NCCCN(CCO)CC1CCC(CN)CC1. The smallest absolute Gasteiger partial charge is 0.0558 e. The highest BCUT2D eigenvalue weighted by molar-refractivity contribution is 5.35. The van der Waals surface area contributed by atoms with Gasteiger partial charge in [0.25, 0.3) is 0 Å². The molecule has 260 valence electrons. The molecule has 0 saturated heterocycles. The maximum atomic E-state index is 9.76. The Labute approximate surface area is 284 Å². The maximum absolute atomic E-state index is 9.76. The van der Waals surface area contributed by atoms with Crippen LogP contribution in [0.4, 0.5) is 0 Å². The Balaban J connectivity index is 1.57. The van der Waals surface area contributed by atoms with Crippen molar-refractivity contribution in [2.24, 2.45) is 17.6 Å². The van der Waals surface area contributed by atoms with Crippen molar-refractivity contribution < 1.29 is 5.11 Å². The van der Waals surface area contributed by atoms with Crippen molar-refractivity contribution in [2.75, 3.05) is 39.3 Å². The summed E-state index contributed by atoms with van der Waals surface area (Å²) < 4.78 is 0. The number of aliphatic hydroxyl groups is 1. The minimum absolute atomic E-state index is 0.183. The Morgan fingerprint density at radius 2 is 1.26 bits per heavy atom. The summed E-state index contributed by atoms with van der Waals surface area (Å²) in [5.74, 6) is 1.48. The first-order chi connectivity index (χ1) is 21.8. The molecule has 0 amide bonds. The molecular weight excluding hydrogens is 562 g/mol. The summed E-state index contributed by atoms with van der Waals surface area (Å²) >= 11 is 0. The number of hydrogen-bond donors (Lipinski definition) is 3. The Morgan fingerprint density at radius 1 is 0.761 bits per heavy atom. The van der Waals surface area contributed by atoms with E-state index in [0.29, 0.717) is 6.04 Å². The topological polar surface area (TPSA) is 61.5 Å². The van der Waals surface area contributed by atoms with Crippen molar-refractivity contribution in [3.63, 3.8) is 0 Å². The summed E-state index contributed by atoms with van der Waals surface area (Å²) in [5.41, 5.74) is 15.1. The van der Waals surface area contributed by atoms with Crippen LogP contribution in [0.25, 0.3) is 0 Å². The van der Waals surface area contributed by atoms with Crippen LogP contribution >= 0.6 is 0 Å². The molecule has 3 rings (SSSR count). The molecule has 0 radical (unpaired) electrons. The second kappa shape index (κ2) is 18.7. The van der Waals surface area contributed by atoms with Gasteiger partial charge in [-0.05, 0) is 160 Å². The predicted molar refractivity (Wildman–Crippen MR) is 200 cm³/mol. The van der Waals surface area contributed by atoms with Crippen LogP contribution in [-0.2, 0) is 23.7 Å². The van der Waals surface area contributed by atoms with Crippen molar-refractivity contribution in [3.8, 4) is 0 Å². The molecule has 0 aromatic heterocycles. The summed E-state index contributed by atoms with van der Waals surface area (Å²) in [4.78, 5) is 2.51. The Bertz CT molecular complexity index is 1080. The molecule has 1 fully saturated rings. The van der Waals surface area contributed by atoms with Gasteiger partial charge in [0, 0.05) is 19.1 Å². The fourth-order valence-electron chi connectivity index (χ4n) is 7.30. The molecule has 1 aliphatic rings. The minimum Gasteiger partial charge on any atom is -0.395 e. The highest BCUT2D eigenvalue weighted by atomic mass is 16.3. The molecule has 0 atom stereocenters. The summed E-state index contributed by atoms with van der Waals surface area (Å²) in [6.07, 6.45) is 13.4. The van der Waals surface area contributed by atoms with Crippen LogP contribution in [0.5, 0.6) is 0 Å². The van der Waals surface area contributed by atoms with E-state index in [4.69, 9.17) is 5.73 Å². The van der Waals surface area contributed by atoms with Gasteiger partial charge in [-0.25, -0.2) is 0 Å². The van der Waals surface area contributed by atoms with Gasteiger partial charge in [0.05, 0.1) is 6.61 Å². The number of hydrogen-bond acceptors (Lipinski definition) is 4. The zero-order chi connectivity index (χ0) is 33.7. The van der Waals surface area contributed by atoms with Crippen LogP contribution in [0.3, 0.4) is 0 Å². The summed E-state index contributed by atoms with van der Waals surface area (Å²) in [5, 5.41) is 13.8. The van der Waals surface area contributed by atoms with E-state index in [1.54, 1.807) is 0 Å². The van der Waals surface area contributed by atoms with E-state index in [1.807, 2.05) is 0 Å². The molecule has 0 unspecified atom stereocenters. The molecule has 2 aromatic rings. The minimum atomic E-state index is 0.183. The molecule has 0 heterocycles. The Morgan fingerprint density at radius 3 is 1.72 bits per heavy atom. The van der Waals surface area contributed by atoms with Gasteiger partial charge >= 0.3 is 0 Å². The molecule has 1 aliphatic carbocycles. The zero-order valence-corrected chi connectivity index (χ0v) is 31.2. The van der Waals surface area contributed by atoms with Crippen molar-refractivity contribution in [3.05, 3.63) is 69.8 Å². The van der Waals surface area contributed by atoms with Crippen molar-refractivity contribution in [2.45, 2.75) is 143 Å². The van der Waals surface area contributed by atoms with Gasteiger partial charge in [0.15, 0.2) is 0 Å². The van der Waals surface area contributed by atoms with Crippen LogP contribution in [0.2, 0.25) is 0 Å². The van der Waals surface area contributed by atoms with E-state index < -0.39 is 0 Å². The van der Waals surface area contributed by atoms with Crippen LogP contribution in [0, 0.1) is 25.7 Å². The van der Waals surface area contributed by atoms with Crippen LogP contribution in [-0.4, -0.2) is 55.4 Å². The standard InChI is InChI=1S/C42H71N3O/c1-32-16-22-38(41(3,4)5)28-36(32)12-9-14-40(15-10-13-37-29-39(42(6,7)8)23-17-33(37)2)44-24-11-25-45(26-27-46)31-35-20-18-34(30-43)19-21-35/h16-17,22-23,28-29,34-35,40,44,46H,9-15,18-21,24-27,30-31,43H2,1-8H3. The Hall–Kier alpha value is -1.72. The zero-order valence-electron chi connectivity index (χ0n) is 31.2. The lowest BCUT2D eigenvalue weighted by Crippen LogP contribution is -2.37. The molecule has 4 N–H and O–H groups in total. The van der Waals surface area contributed by atoms with Gasteiger partial charge < -0.3 is 21.1 Å². The highest BCUT2D eigenvalue weighted by Crippen LogP contribution is 2.29. The van der Waals surface area contributed by atoms with Crippen molar-refractivity contribution in [1.82, 2.24) is 10.2 Å². The van der Waals surface area contributed by atoms with Crippen molar-refractivity contribution in [1.29, 1.82) is 0 Å². The van der Waals surface area contributed by atoms with Crippen LogP contribution in [0.1, 0.15) is 133 Å². The third-order valence-electron chi connectivity index (χ3n) is 10.7. The average molecular weight is 634 g/mol. The van der Waals surface area contributed by atoms with E-state index in [0.717, 1.165) is 63.8 Å². The first kappa shape index (κ1) is 38.7. The number of nitrogens with two attached hydrogens (primary N) is 1. The average Bonchev–Trinajstić information content (AvgIpc) is 3.00. The number of benzene rings is 2. The molecule has 4 heteroatoms. The number of nitrogens with zero attached hydrogens (tertiary/aromatic N) is 1. The van der Waals surface area contributed by atoms with Gasteiger partial charge in [-0.3, -0.25) is 0 Å². The highest BCUT2D eigenvalue weighted by Gasteiger charge is 2.22. The largest absolute Gasteiger partial charge is 0.395 e. The van der Waals surface area contributed by atoms with E-state index in [2.05, 4.69) is 102 Å². The first-order valence-electron chi connectivity index (χ1n) is 18.8. The quantitative estimate of drug-likeness (QED) is 0.144. The first-order valence-corrected chi connectivity index (χ1v) is 18.8. The van der Waals surface area contributed by atoms with Crippen LogP contribution < -0.4 is 11.1 Å². The summed E-state index contributed by atoms with van der Waals surface area (Å²) in [7, 11) is 0. The normalized spacial score (nSPS) is 17.7. The van der Waals surface area contributed by atoms with Crippen molar-refractivity contribution >= 4 is 0 Å². The van der Waals surface area contributed by atoms with E-state index in [1.165, 1.54) is 84.7 Å². The second-order valence-corrected chi connectivity index (χ2v) is 16.7. The molecule has 0 bridgehead atoms. The molecule has 0 aliphatic heterocycles. The predicted octanol–water partition coefficient (Wildman–Crippen LogP) is 8.65. The third kappa shape index (κ3) is 13.1. The number of aliphatic hydroxyl groups excluding tert-OH is 1. The monoisotopic (exact) mass is 634 g/mol. The lowest BCUT2D eigenvalue weighted by atomic mass is 9.82. The lowest BCUT2D eigenvalue weighted by molar-refractivity contribution is 0.149. The second-order valence-electron chi connectivity index (χ2n) is 16.7.